The number of aromatic nitrogens is 1. The normalized spacial score (nSPS) is 11.1. The van der Waals surface area contributed by atoms with E-state index in [-0.39, 0.29) is 0 Å². The fourth-order valence-corrected chi connectivity index (χ4v) is 2.33. The molecule has 2 heterocycles. The van der Waals surface area contributed by atoms with Crippen LogP contribution < -0.4 is 5.73 Å². The van der Waals surface area contributed by atoms with Crippen molar-refractivity contribution in [3.63, 3.8) is 0 Å². The second kappa shape index (κ2) is 4.06. The lowest BCUT2D eigenvalue weighted by molar-refractivity contribution is 0.372. The summed E-state index contributed by atoms with van der Waals surface area (Å²) in [7, 11) is 0. The molecule has 0 bridgehead atoms. The van der Waals surface area contributed by atoms with E-state index in [9.17, 15) is 0 Å². The van der Waals surface area contributed by atoms with Crippen LogP contribution in [0.15, 0.2) is 22.0 Å². The van der Waals surface area contributed by atoms with E-state index in [4.69, 9.17) is 10.3 Å². The lowest BCUT2D eigenvalue weighted by Gasteiger charge is -2.02. The molecule has 0 aromatic carbocycles. The Labute approximate surface area is 92.9 Å². The minimum atomic E-state index is 0.494. The van der Waals surface area contributed by atoms with Crippen LogP contribution >= 0.6 is 11.3 Å². The summed E-state index contributed by atoms with van der Waals surface area (Å²) < 4.78 is 5.26. The molecular weight excluding hydrogens is 208 g/mol. The number of nitrogens with two attached hydrogens (primary N) is 1. The van der Waals surface area contributed by atoms with Gasteiger partial charge in [0.05, 0.1) is 5.56 Å². The maximum Gasteiger partial charge on any atom is 0.175 e. The van der Waals surface area contributed by atoms with E-state index in [1.807, 2.05) is 17.5 Å². The Kier molecular flexibility index (Phi) is 2.77. The van der Waals surface area contributed by atoms with Gasteiger partial charge in [0.25, 0.3) is 0 Å². The Morgan fingerprint density at radius 2 is 2.33 bits per heavy atom. The SMILES string of the molecule is CC(C)Cc1onc(N)c1-c1cccs1. The molecule has 2 rings (SSSR count). The predicted molar refractivity (Wildman–Crippen MR) is 62.8 cm³/mol. The zero-order valence-corrected chi connectivity index (χ0v) is 9.67. The minimum absolute atomic E-state index is 0.494. The summed E-state index contributed by atoms with van der Waals surface area (Å²) in [6.45, 7) is 4.30. The quantitative estimate of drug-likeness (QED) is 0.867. The largest absolute Gasteiger partial charge is 0.380 e. The van der Waals surface area contributed by atoms with Gasteiger partial charge in [-0.1, -0.05) is 25.1 Å². The van der Waals surface area contributed by atoms with Crippen molar-refractivity contribution in [2.24, 2.45) is 5.92 Å². The fourth-order valence-electron chi connectivity index (χ4n) is 1.53. The van der Waals surface area contributed by atoms with Crippen LogP contribution in [-0.2, 0) is 6.42 Å². The van der Waals surface area contributed by atoms with Gasteiger partial charge in [-0.15, -0.1) is 11.3 Å². The highest BCUT2D eigenvalue weighted by atomic mass is 32.1. The number of hydrogen-bond donors (Lipinski definition) is 1. The van der Waals surface area contributed by atoms with E-state index in [0.29, 0.717) is 11.7 Å². The minimum Gasteiger partial charge on any atom is -0.380 e. The van der Waals surface area contributed by atoms with Crippen molar-refractivity contribution >= 4 is 17.2 Å². The van der Waals surface area contributed by atoms with Gasteiger partial charge in [-0.05, 0) is 17.4 Å². The van der Waals surface area contributed by atoms with Crippen LogP contribution in [-0.4, -0.2) is 5.16 Å². The molecule has 4 heteroatoms. The van der Waals surface area contributed by atoms with Gasteiger partial charge in [0, 0.05) is 11.3 Å². The lowest BCUT2D eigenvalue weighted by atomic mass is 10.0. The molecule has 2 aromatic rings. The monoisotopic (exact) mass is 222 g/mol. The van der Waals surface area contributed by atoms with Crippen LogP contribution in [0.5, 0.6) is 0 Å². The first-order chi connectivity index (χ1) is 7.18. The van der Waals surface area contributed by atoms with Gasteiger partial charge >= 0.3 is 0 Å². The summed E-state index contributed by atoms with van der Waals surface area (Å²) in [6.07, 6.45) is 0.872. The van der Waals surface area contributed by atoms with E-state index in [0.717, 1.165) is 22.6 Å². The average Bonchev–Trinajstić information content (AvgIpc) is 2.74. The number of thiophene rings is 1. The Bertz CT molecular complexity index is 431. The molecule has 80 valence electrons. The maximum absolute atomic E-state index is 5.81. The van der Waals surface area contributed by atoms with Gasteiger partial charge in [-0.3, -0.25) is 0 Å². The second-order valence-corrected chi connectivity index (χ2v) is 4.89. The van der Waals surface area contributed by atoms with Crippen molar-refractivity contribution in [2.75, 3.05) is 5.73 Å². The first kappa shape index (κ1) is 10.2. The molecule has 3 nitrogen and oxygen atoms in total. The molecule has 0 atom stereocenters. The summed E-state index contributed by atoms with van der Waals surface area (Å²) in [6, 6.07) is 4.04. The maximum atomic E-state index is 5.81. The van der Waals surface area contributed by atoms with Gasteiger partial charge in [0.1, 0.15) is 5.76 Å². The molecule has 0 unspecified atom stereocenters. The number of nitrogen functional groups attached to an aromatic ring is 1. The fraction of sp³-hybridized carbons (Fsp3) is 0.364. The van der Waals surface area contributed by atoms with E-state index < -0.39 is 0 Å². The van der Waals surface area contributed by atoms with Gasteiger partial charge in [-0.25, -0.2) is 0 Å². The highest BCUT2D eigenvalue weighted by molar-refractivity contribution is 7.13. The molecular formula is C11H14N2OS. The van der Waals surface area contributed by atoms with Crippen molar-refractivity contribution in [1.29, 1.82) is 0 Å². The third-order valence-corrected chi connectivity index (χ3v) is 3.04. The molecule has 0 saturated heterocycles. The molecule has 2 N–H and O–H groups in total. The molecule has 0 saturated carbocycles. The van der Waals surface area contributed by atoms with Gasteiger partial charge in [-0.2, -0.15) is 0 Å². The highest BCUT2D eigenvalue weighted by Gasteiger charge is 2.17. The third-order valence-electron chi connectivity index (χ3n) is 2.15. The summed E-state index contributed by atoms with van der Waals surface area (Å²) in [4.78, 5) is 1.13. The molecule has 0 radical (unpaired) electrons. The van der Waals surface area contributed by atoms with Gasteiger partial charge in [0.2, 0.25) is 0 Å². The molecule has 2 aromatic heterocycles. The first-order valence-corrected chi connectivity index (χ1v) is 5.84. The van der Waals surface area contributed by atoms with Crippen molar-refractivity contribution in [2.45, 2.75) is 20.3 Å². The van der Waals surface area contributed by atoms with E-state index in [1.165, 1.54) is 0 Å². The lowest BCUT2D eigenvalue weighted by Crippen LogP contribution is -1.94. The molecule has 15 heavy (non-hydrogen) atoms. The van der Waals surface area contributed by atoms with Gasteiger partial charge < -0.3 is 10.3 Å². The van der Waals surface area contributed by atoms with Gasteiger partial charge in [0.15, 0.2) is 5.82 Å². The Morgan fingerprint density at radius 1 is 1.53 bits per heavy atom. The topological polar surface area (TPSA) is 52.0 Å². The highest BCUT2D eigenvalue weighted by Crippen LogP contribution is 2.33. The standard InChI is InChI=1S/C11H14N2OS/c1-7(2)6-8-10(11(12)13-14-8)9-4-3-5-15-9/h3-5,7H,6H2,1-2H3,(H2,12,13). The molecule has 0 aliphatic rings. The van der Waals surface area contributed by atoms with E-state index >= 15 is 0 Å². The molecule has 0 aliphatic heterocycles. The summed E-state index contributed by atoms with van der Waals surface area (Å²) >= 11 is 1.66. The number of anilines is 1. The zero-order chi connectivity index (χ0) is 10.8. The van der Waals surface area contributed by atoms with E-state index in [2.05, 4.69) is 19.0 Å². The Balaban J connectivity index is 2.41. The van der Waals surface area contributed by atoms with E-state index in [1.54, 1.807) is 11.3 Å². The van der Waals surface area contributed by atoms with Crippen LogP contribution in [0, 0.1) is 5.92 Å². The van der Waals surface area contributed by atoms with Crippen molar-refractivity contribution in [1.82, 2.24) is 5.16 Å². The predicted octanol–water partition coefficient (Wildman–Crippen LogP) is 3.18. The number of hydrogen-bond acceptors (Lipinski definition) is 4. The van der Waals surface area contributed by atoms with Crippen LogP contribution in [0.3, 0.4) is 0 Å². The van der Waals surface area contributed by atoms with Crippen molar-refractivity contribution in [3.05, 3.63) is 23.3 Å². The van der Waals surface area contributed by atoms with Crippen LogP contribution in [0.25, 0.3) is 10.4 Å². The van der Waals surface area contributed by atoms with Crippen molar-refractivity contribution < 1.29 is 4.52 Å². The van der Waals surface area contributed by atoms with Crippen LogP contribution in [0.4, 0.5) is 5.82 Å². The van der Waals surface area contributed by atoms with Crippen molar-refractivity contribution in [3.8, 4) is 10.4 Å². The third kappa shape index (κ3) is 2.04. The first-order valence-electron chi connectivity index (χ1n) is 4.96. The molecule has 0 amide bonds. The number of nitrogens with zero attached hydrogens (tertiary/aromatic N) is 1. The number of rotatable bonds is 3. The van der Waals surface area contributed by atoms with Crippen LogP contribution in [0.2, 0.25) is 0 Å². The average molecular weight is 222 g/mol. The summed E-state index contributed by atoms with van der Waals surface area (Å²) in [5, 5.41) is 5.86. The summed E-state index contributed by atoms with van der Waals surface area (Å²) in [5.41, 5.74) is 6.78. The molecule has 0 spiro atoms. The Hall–Kier alpha value is -1.29. The zero-order valence-electron chi connectivity index (χ0n) is 8.86. The summed E-state index contributed by atoms with van der Waals surface area (Å²) in [5.74, 6) is 1.93. The molecule has 0 aliphatic carbocycles. The molecule has 0 fully saturated rings. The van der Waals surface area contributed by atoms with Crippen LogP contribution in [0.1, 0.15) is 19.6 Å². The Morgan fingerprint density at radius 3 is 2.93 bits per heavy atom. The second-order valence-electron chi connectivity index (χ2n) is 3.94. The smallest absolute Gasteiger partial charge is 0.175 e.